The van der Waals surface area contributed by atoms with Crippen LogP contribution in [0.1, 0.15) is 179 Å². The van der Waals surface area contributed by atoms with Crippen LogP contribution in [0.5, 0.6) is 0 Å². The van der Waals surface area contributed by atoms with Crippen LogP contribution in [0.4, 0.5) is 31.4 Å². The van der Waals surface area contributed by atoms with Crippen molar-refractivity contribution >= 4 is 105 Å². The summed E-state index contributed by atoms with van der Waals surface area (Å²) in [4.78, 5) is 62.1. The molecule has 3 aromatic carbocycles. The third kappa shape index (κ3) is 13.7. The standard InChI is InChI=1S/2C19H24N4O4S2.C19H22N4O4S2/c3*1-19(2,26)17-21-9-15(28-17)29(20,27)23-18(25)22-16-11-5-3-4-10(11)8-13-12(16)6-7-14(13)24/h2*8-9,14,24,26H,3-7H2,1-2H3,(H3,20,22,23,25,27);8-9,26H,3-7H2,1-2H3,(H3,20,22,23,25,27). The Labute approximate surface area is 516 Å². The molecule has 3 aromatic heterocycles. The highest BCUT2D eigenvalue weighted by Crippen LogP contribution is 2.45. The maximum absolute atomic E-state index is 12.8. The number of carbonyl (C=O) groups excluding carboxylic acids is 4. The molecule has 6 amide bonds. The van der Waals surface area contributed by atoms with Crippen molar-refractivity contribution in [2.24, 2.45) is 28.5 Å². The highest BCUT2D eigenvalue weighted by atomic mass is 32.2. The third-order valence-corrected chi connectivity index (χ3v) is 25.4. The molecule has 466 valence electrons. The molecule has 24 nitrogen and oxygen atoms in total. The topological polar surface area (TPSA) is 411 Å². The van der Waals surface area contributed by atoms with Gasteiger partial charge in [0.25, 0.3) is 0 Å². The molecule has 5 unspecified atom stereocenters. The maximum atomic E-state index is 12.8. The van der Waals surface area contributed by atoms with E-state index in [1.807, 2.05) is 18.2 Å². The largest absolute Gasteiger partial charge is 0.388 e. The number of aliphatic hydroxyl groups excluding tert-OH is 2. The fraction of sp³-hybridized carbons (Fsp3) is 0.456. The number of amides is 6. The second kappa shape index (κ2) is 24.2. The van der Waals surface area contributed by atoms with Gasteiger partial charge in [-0.05, 0) is 199 Å². The lowest BCUT2D eigenvalue weighted by atomic mass is 9.98. The molecule has 6 aromatic rings. The summed E-state index contributed by atoms with van der Waals surface area (Å²) in [5, 5.41) is 77.4. The SMILES string of the molecule is CC(C)(O)c1ncc(S(N)(=O)=NC(=O)Nc2c3c(cc4c2CCC4=O)CCC3)s1.CC(C)(O)c1ncc(S(N)(=O)=NC(=O)Nc2c3c(cc4c2CCC4O)CCC3)s1.CC(C)(O)c1ncc(S(N)(=O)=NC(=O)Nc2c3c(cc4c2CCC4O)CCC3)s1. The van der Waals surface area contributed by atoms with Crippen LogP contribution in [-0.2, 0) is 104 Å². The second-order valence-corrected chi connectivity index (χ2v) is 33.0. The summed E-state index contributed by atoms with van der Waals surface area (Å²) in [7, 11) is -10.5. The third-order valence-electron chi connectivity index (χ3n) is 15.8. The minimum atomic E-state index is -3.52. The number of nitrogens with one attached hydrogen (secondary N) is 3. The number of fused-ring (bicyclic) bond motifs is 6. The summed E-state index contributed by atoms with van der Waals surface area (Å²) in [6, 6.07) is 3.63. The van der Waals surface area contributed by atoms with Crippen LogP contribution in [0.25, 0.3) is 0 Å². The summed E-state index contributed by atoms with van der Waals surface area (Å²) in [6.45, 7) is 9.34. The lowest BCUT2D eigenvalue weighted by Crippen LogP contribution is -2.18. The van der Waals surface area contributed by atoms with Crippen LogP contribution in [-0.4, -0.2) is 77.0 Å². The summed E-state index contributed by atoms with van der Waals surface area (Å²) < 4.78 is 50.0. The molecule has 5 atom stereocenters. The van der Waals surface area contributed by atoms with Gasteiger partial charge in [0.2, 0.25) is 0 Å². The molecule has 0 bridgehead atoms. The molecular weight excluding hydrogens is 1240 g/mol. The highest BCUT2D eigenvalue weighted by molar-refractivity contribution is 7.94. The molecule has 0 fully saturated rings. The molecule has 87 heavy (non-hydrogen) atoms. The number of benzene rings is 3. The van der Waals surface area contributed by atoms with E-state index in [0.717, 1.165) is 153 Å². The van der Waals surface area contributed by atoms with E-state index < -0.39 is 76.8 Å². The minimum absolute atomic E-state index is 0.0774. The average molecular weight is 1310 g/mol. The fourth-order valence-corrected chi connectivity index (χ4v) is 17.9. The Hall–Kier alpha value is -5.84. The van der Waals surface area contributed by atoms with E-state index in [9.17, 15) is 57.3 Å². The first-order valence-electron chi connectivity index (χ1n) is 28.2. The summed E-state index contributed by atoms with van der Waals surface area (Å²) in [5.41, 5.74) is 9.87. The Balaban J connectivity index is 0.000000144. The number of rotatable bonds is 9. The fourth-order valence-electron chi connectivity index (χ4n) is 11.7. The van der Waals surface area contributed by atoms with Gasteiger partial charge in [0.1, 0.15) is 44.5 Å². The van der Waals surface area contributed by atoms with E-state index in [-0.39, 0.29) is 18.4 Å². The Morgan fingerprint density at radius 2 is 0.816 bits per heavy atom. The van der Waals surface area contributed by atoms with Crippen molar-refractivity contribution in [2.75, 3.05) is 16.0 Å². The molecule has 0 saturated heterocycles. The molecule has 0 spiro atoms. The molecule has 6 aliphatic carbocycles. The first kappa shape index (κ1) is 64.2. The number of Topliss-reactive ketones (excluding diaryl/α,β-unsaturated/α-hetero) is 1. The van der Waals surface area contributed by atoms with Crippen LogP contribution < -0.4 is 31.4 Å². The average Bonchev–Trinajstić information content (AvgIpc) is 1.83. The summed E-state index contributed by atoms with van der Waals surface area (Å²) in [5.74, 6) is 0.0774. The Morgan fingerprint density at radius 3 is 1.14 bits per heavy atom. The van der Waals surface area contributed by atoms with Gasteiger partial charge in [-0.2, -0.15) is 0 Å². The molecule has 0 aliphatic heterocycles. The van der Waals surface area contributed by atoms with E-state index in [1.54, 1.807) is 41.5 Å². The number of aliphatic hydroxyl groups is 5. The van der Waals surface area contributed by atoms with Crippen molar-refractivity contribution in [3.63, 3.8) is 0 Å². The lowest BCUT2D eigenvalue weighted by molar-refractivity contribution is 0.0777. The quantitative estimate of drug-likeness (QED) is 0.0646. The number of nitrogens with zero attached hydrogens (tertiary/aromatic N) is 6. The number of aryl methyl sites for hydroxylation is 3. The number of nitrogens with two attached hydrogens (primary N) is 3. The molecule has 0 saturated carbocycles. The summed E-state index contributed by atoms with van der Waals surface area (Å²) >= 11 is 2.89. The van der Waals surface area contributed by atoms with Gasteiger partial charge in [-0.3, -0.25) is 4.79 Å². The first-order chi connectivity index (χ1) is 40.7. The number of hydrogen-bond acceptors (Lipinski definition) is 18. The number of aromatic nitrogens is 3. The number of hydrogen-bond donors (Lipinski definition) is 11. The maximum Gasteiger partial charge on any atom is 0.354 e. The molecular formula is C57H70N12O12S6. The zero-order chi connectivity index (χ0) is 62.9. The van der Waals surface area contributed by atoms with Crippen LogP contribution in [0.2, 0.25) is 0 Å². The number of urea groups is 3. The summed E-state index contributed by atoms with van der Waals surface area (Å²) in [6.07, 6.45) is 14.5. The van der Waals surface area contributed by atoms with Gasteiger partial charge in [0.05, 0.1) is 30.8 Å². The highest BCUT2D eigenvalue weighted by Gasteiger charge is 2.34. The van der Waals surface area contributed by atoms with E-state index >= 15 is 0 Å². The Kier molecular flexibility index (Phi) is 17.8. The molecule has 0 radical (unpaired) electrons. The van der Waals surface area contributed by atoms with Crippen LogP contribution in [0, 0.1) is 0 Å². The smallest absolute Gasteiger partial charge is 0.354 e. The van der Waals surface area contributed by atoms with Crippen molar-refractivity contribution in [1.29, 1.82) is 0 Å². The predicted octanol–water partition coefficient (Wildman–Crippen LogP) is 8.46. The molecule has 14 N–H and O–H groups in total. The van der Waals surface area contributed by atoms with Gasteiger partial charge in [-0.15, -0.1) is 47.1 Å². The van der Waals surface area contributed by atoms with Crippen LogP contribution in [0.3, 0.4) is 0 Å². The molecule has 12 rings (SSSR count). The van der Waals surface area contributed by atoms with Crippen LogP contribution in [0.15, 0.2) is 62.5 Å². The Bertz CT molecular complexity index is 4040. The monoisotopic (exact) mass is 1310 g/mol. The van der Waals surface area contributed by atoms with Crippen molar-refractivity contribution in [1.82, 2.24) is 15.0 Å². The number of anilines is 3. The second-order valence-electron chi connectivity index (χ2n) is 23.8. The van der Waals surface area contributed by atoms with E-state index in [0.29, 0.717) is 76.2 Å². The van der Waals surface area contributed by atoms with E-state index in [1.165, 1.54) is 18.6 Å². The molecule has 3 heterocycles. The van der Waals surface area contributed by atoms with Gasteiger partial charge >= 0.3 is 18.1 Å². The van der Waals surface area contributed by atoms with Gasteiger partial charge in [-0.25, -0.2) is 57.4 Å². The van der Waals surface area contributed by atoms with Gasteiger partial charge in [-0.1, -0.05) is 12.1 Å². The van der Waals surface area contributed by atoms with Gasteiger partial charge < -0.3 is 41.5 Å². The van der Waals surface area contributed by atoms with Gasteiger partial charge in [0.15, 0.2) is 35.5 Å². The zero-order valence-corrected chi connectivity index (χ0v) is 53.6. The van der Waals surface area contributed by atoms with Crippen LogP contribution >= 0.6 is 34.0 Å². The van der Waals surface area contributed by atoms with Crippen molar-refractivity contribution in [3.05, 3.63) is 119 Å². The Morgan fingerprint density at radius 1 is 0.494 bits per heavy atom. The molecule has 30 heteroatoms. The predicted molar refractivity (Wildman–Crippen MR) is 333 cm³/mol. The van der Waals surface area contributed by atoms with E-state index in [4.69, 9.17) is 15.4 Å². The van der Waals surface area contributed by atoms with Gasteiger partial charge in [0, 0.05) is 29.0 Å². The van der Waals surface area contributed by atoms with Crippen molar-refractivity contribution in [3.8, 4) is 0 Å². The zero-order valence-electron chi connectivity index (χ0n) is 48.7. The number of ketones is 1. The number of carbonyl (C=O) groups is 4. The normalized spacial score (nSPS) is 19.3. The minimum Gasteiger partial charge on any atom is -0.388 e. The lowest BCUT2D eigenvalue weighted by Gasteiger charge is -2.15. The van der Waals surface area contributed by atoms with Crippen molar-refractivity contribution < 1.29 is 57.3 Å². The first-order valence-corrected chi connectivity index (χ1v) is 35.4. The number of thiazole rings is 3. The molecule has 6 aliphatic rings. The van der Waals surface area contributed by atoms with Crippen molar-refractivity contribution in [2.45, 2.75) is 179 Å². The van der Waals surface area contributed by atoms with E-state index in [2.05, 4.69) is 44.0 Å².